The molecule has 0 bridgehead atoms. The highest BCUT2D eigenvalue weighted by Crippen LogP contribution is 2.36. The van der Waals surface area contributed by atoms with Crippen LogP contribution < -0.4 is 0 Å². The fourth-order valence-corrected chi connectivity index (χ4v) is 5.19. The summed E-state index contributed by atoms with van der Waals surface area (Å²) in [7, 11) is -4.79. The molecule has 0 aromatic rings. The molecule has 4 nitrogen and oxygen atoms in total. The van der Waals surface area contributed by atoms with E-state index < -0.39 is 20.6 Å². The van der Waals surface area contributed by atoms with Crippen molar-refractivity contribution in [3.63, 3.8) is 0 Å². The van der Waals surface area contributed by atoms with E-state index in [9.17, 15) is 16.8 Å². The van der Waals surface area contributed by atoms with Crippen LogP contribution in [0.1, 0.15) is 51.4 Å². The highest BCUT2D eigenvalue weighted by molar-refractivity contribution is 7.82. The van der Waals surface area contributed by atoms with Crippen LogP contribution in [0.4, 0.5) is 0 Å². The summed E-state index contributed by atoms with van der Waals surface area (Å²) in [5, 5.41) is 0. The van der Waals surface area contributed by atoms with Gasteiger partial charge in [0, 0.05) is 5.92 Å². The molecule has 0 heterocycles. The van der Waals surface area contributed by atoms with Crippen molar-refractivity contribution in [3.8, 4) is 0 Å². The lowest BCUT2D eigenvalue weighted by Crippen LogP contribution is -2.36. The smallest absolute Gasteiger partial charge is 0.184 e. The second-order valence-corrected chi connectivity index (χ2v) is 7.03. The largest absolute Gasteiger partial charge is 0.218 e. The van der Waals surface area contributed by atoms with Crippen molar-refractivity contribution in [1.29, 1.82) is 0 Å². The predicted octanol–water partition coefficient (Wildman–Crippen LogP) is 1.47. The third kappa shape index (κ3) is 2.85. The van der Waals surface area contributed by atoms with E-state index in [2.05, 4.69) is 0 Å². The third-order valence-electron chi connectivity index (χ3n) is 4.13. The maximum absolute atomic E-state index is 11.4. The number of hydrogen-bond acceptors (Lipinski definition) is 4. The summed E-state index contributed by atoms with van der Waals surface area (Å²) < 4.78 is 45.1. The zero-order valence-corrected chi connectivity index (χ0v) is 11.9. The Morgan fingerprint density at radius 1 is 0.778 bits per heavy atom. The van der Waals surface area contributed by atoms with E-state index in [0.717, 1.165) is 38.5 Å². The minimum atomic E-state index is -2.40. The zero-order valence-electron chi connectivity index (χ0n) is 10.3. The van der Waals surface area contributed by atoms with Crippen LogP contribution in [0.15, 0.2) is 0 Å². The molecule has 2 rings (SSSR count). The lowest BCUT2D eigenvalue weighted by atomic mass is 9.73. The normalized spacial score (nSPS) is 26.1. The molecular formula is C12H18O4S2. The average molecular weight is 290 g/mol. The minimum absolute atomic E-state index is 0.0646. The third-order valence-corrected chi connectivity index (χ3v) is 5.99. The van der Waals surface area contributed by atoms with Crippen molar-refractivity contribution in [2.75, 3.05) is 0 Å². The molecule has 0 N–H and O–H groups in total. The molecule has 0 aromatic heterocycles. The Morgan fingerprint density at radius 2 is 1.44 bits per heavy atom. The van der Waals surface area contributed by atoms with Crippen molar-refractivity contribution < 1.29 is 16.8 Å². The summed E-state index contributed by atoms with van der Waals surface area (Å²) in [6.45, 7) is 0. The van der Waals surface area contributed by atoms with Crippen LogP contribution in [0.25, 0.3) is 0 Å². The second-order valence-electron chi connectivity index (χ2n) is 5.15. The van der Waals surface area contributed by atoms with Gasteiger partial charge in [-0.25, -0.2) is 0 Å². The first kappa shape index (κ1) is 13.8. The van der Waals surface area contributed by atoms with Gasteiger partial charge in [0.1, 0.15) is 0 Å². The van der Waals surface area contributed by atoms with Crippen molar-refractivity contribution in [2.45, 2.75) is 51.4 Å². The molecule has 1 atom stereocenters. The maximum atomic E-state index is 11.4. The molecular weight excluding hydrogens is 272 g/mol. The van der Waals surface area contributed by atoms with Gasteiger partial charge in [0.2, 0.25) is 20.6 Å². The van der Waals surface area contributed by atoms with Gasteiger partial charge in [0.25, 0.3) is 0 Å². The van der Waals surface area contributed by atoms with Gasteiger partial charge in [-0.3, -0.25) is 0 Å². The predicted molar refractivity (Wildman–Crippen MR) is 71.8 cm³/mol. The summed E-state index contributed by atoms with van der Waals surface area (Å²) in [5.74, 6) is 0.288. The molecule has 0 amide bonds. The molecule has 1 unspecified atom stereocenters. The van der Waals surface area contributed by atoms with E-state index in [0.29, 0.717) is 12.3 Å². The molecule has 6 heteroatoms. The summed E-state index contributed by atoms with van der Waals surface area (Å²) in [6.07, 6.45) is 7.52. The van der Waals surface area contributed by atoms with Crippen LogP contribution in [0.2, 0.25) is 0 Å². The van der Waals surface area contributed by atoms with Gasteiger partial charge in [-0.05, 0) is 38.0 Å². The van der Waals surface area contributed by atoms with Gasteiger partial charge >= 0.3 is 0 Å². The van der Waals surface area contributed by atoms with E-state index in [1.54, 1.807) is 0 Å². The molecule has 0 saturated heterocycles. The average Bonchev–Trinajstić information content (AvgIpc) is 2.38. The highest BCUT2D eigenvalue weighted by Gasteiger charge is 2.34. The van der Waals surface area contributed by atoms with Crippen LogP contribution in [0, 0.1) is 11.8 Å². The Labute approximate surface area is 110 Å². The molecule has 102 valence electrons. The van der Waals surface area contributed by atoms with Gasteiger partial charge < -0.3 is 0 Å². The van der Waals surface area contributed by atoms with Crippen LogP contribution in [0.5, 0.6) is 0 Å². The van der Waals surface area contributed by atoms with Crippen molar-refractivity contribution in [2.24, 2.45) is 11.8 Å². The van der Waals surface area contributed by atoms with E-state index >= 15 is 0 Å². The summed E-state index contributed by atoms with van der Waals surface area (Å²) in [4.78, 5) is 0.312. The summed E-state index contributed by atoms with van der Waals surface area (Å²) in [5.41, 5.74) is 0. The molecule has 2 aliphatic rings. The van der Waals surface area contributed by atoms with Gasteiger partial charge in [-0.15, -0.1) is 0 Å². The number of hydrogen-bond donors (Lipinski definition) is 0. The van der Waals surface area contributed by atoms with Crippen molar-refractivity contribution >= 4 is 30.3 Å². The molecule has 2 fully saturated rings. The van der Waals surface area contributed by atoms with Crippen LogP contribution in [-0.2, 0) is 20.6 Å². The minimum Gasteiger partial charge on any atom is -0.184 e. The van der Waals surface area contributed by atoms with Crippen LogP contribution >= 0.6 is 0 Å². The lowest BCUT2D eigenvalue weighted by molar-refractivity contribution is 0.287. The first-order valence-electron chi connectivity index (χ1n) is 6.53. The summed E-state index contributed by atoms with van der Waals surface area (Å²) in [6, 6.07) is 0. The van der Waals surface area contributed by atoms with Crippen molar-refractivity contribution in [3.05, 3.63) is 0 Å². The Kier molecular flexibility index (Phi) is 4.61. The Hall–Kier alpha value is -0.620. The molecule has 0 aliphatic heterocycles. The van der Waals surface area contributed by atoms with E-state index in [-0.39, 0.29) is 15.6 Å². The van der Waals surface area contributed by atoms with E-state index in [1.165, 1.54) is 6.42 Å². The Bertz CT molecular complexity index is 562. The quantitative estimate of drug-likeness (QED) is 0.686. The standard InChI is InChI=1S/C12H18O4S2/c13-17(14)11-8-4-7-10(12(11)18(15)16)9-5-2-1-3-6-9/h9-10H,1-8H2. The molecule has 0 radical (unpaired) electrons. The van der Waals surface area contributed by atoms with Crippen LogP contribution in [0.3, 0.4) is 0 Å². The van der Waals surface area contributed by atoms with Gasteiger partial charge in [0.05, 0.1) is 9.73 Å². The Balaban J connectivity index is 2.40. The fraction of sp³-hybridized carbons (Fsp3) is 0.833. The Morgan fingerprint density at radius 3 is 2.00 bits per heavy atom. The first-order valence-corrected chi connectivity index (χ1v) is 8.68. The highest BCUT2D eigenvalue weighted by atomic mass is 32.2. The monoisotopic (exact) mass is 290 g/mol. The molecule has 0 aromatic carbocycles. The number of rotatable bonds is 1. The van der Waals surface area contributed by atoms with Gasteiger partial charge in [0.15, 0.2) is 0 Å². The first-order chi connectivity index (χ1) is 8.61. The molecule has 0 spiro atoms. The van der Waals surface area contributed by atoms with E-state index in [4.69, 9.17) is 0 Å². The van der Waals surface area contributed by atoms with Crippen LogP contribution in [-0.4, -0.2) is 26.6 Å². The SMILES string of the molecule is O=S(=O)=C1CCCC(C2CCCCC2)C1=S(=O)=O. The zero-order chi connectivity index (χ0) is 13.1. The molecule has 2 aliphatic carbocycles. The topological polar surface area (TPSA) is 68.3 Å². The van der Waals surface area contributed by atoms with Gasteiger partial charge in [-0.2, -0.15) is 16.8 Å². The summed E-state index contributed by atoms with van der Waals surface area (Å²) >= 11 is 0. The molecule has 2 saturated carbocycles. The fourth-order valence-electron chi connectivity index (χ4n) is 3.31. The van der Waals surface area contributed by atoms with E-state index in [1.807, 2.05) is 0 Å². The second kappa shape index (κ2) is 6.02. The van der Waals surface area contributed by atoms with Crippen molar-refractivity contribution in [1.82, 2.24) is 0 Å². The maximum Gasteiger partial charge on any atom is 0.218 e. The van der Waals surface area contributed by atoms with Gasteiger partial charge in [-0.1, -0.05) is 19.3 Å². The lowest BCUT2D eigenvalue weighted by Gasteiger charge is -2.32. The molecule has 18 heavy (non-hydrogen) atoms.